The van der Waals surface area contributed by atoms with Crippen molar-refractivity contribution in [2.75, 3.05) is 6.61 Å². The molecule has 1 aromatic heterocycles. The van der Waals surface area contributed by atoms with E-state index in [4.69, 9.17) is 21.4 Å². The molecule has 27 heavy (non-hydrogen) atoms. The molecule has 0 radical (unpaired) electrons. The van der Waals surface area contributed by atoms with Gasteiger partial charge in [-0.15, -0.1) is 0 Å². The van der Waals surface area contributed by atoms with Crippen molar-refractivity contribution < 1.29 is 14.6 Å². The molecule has 0 bridgehead atoms. The van der Waals surface area contributed by atoms with Crippen LogP contribution in [0.3, 0.4) is 0 Å². The number of ether oxygens (including phenoxy) is 1. The van der Waals surface area contributed by atoms with Crippen LogP contribution in [0.2, 0.25) is 5.02 Å². The summed E-state index contributed by atoms with van der Waals surface area (Å²) in [6, 6.07) is 17.1. The maximum Gasteiger partial charge on any atom is 0.341 e. The van der Waals surface area contributed by atoms with Crippen LogP contribution in [0, 0.1) is 11.3 Å². The molecule has 3 aromatic rings. The molecular formula is C20H13ClN2O4. The Morgan fingerprint density at radius 1 is 1.11 bits per heavy atom. The molecule has 134 valence electrons. The number of H-pyrrole nitrogens is 1. The molecule has 0 saturated heterocycles. The van der Waals surface area contributed by atoms with Gasteiger partial charge in [0, 0.05) is 16.3 Å². The van der Waals surface area contributed by atoms with Gasteiger partial charge in [0.25, 0.3) is 5.56 Å². The fraction of sp³-hybridized carbons (Fsp3) is 0.0500. The van der Waals surface area contributed by atoms with Crippen molar-refractivity contribution >= 4 is 17.6 Å². The zero-order chi connectivity index (χ0) is 19.4. The van der Waals surface area contributed by atoms with Crippen LogP contribution in [0.15, 0.2) is 59.4 Å². The smallest absolute Gasteiger partial charge is 0.341 e. The van der Waals surface area contributed by atoms with Gasteiger partial charge in [0.1, 0.15) is 17.4 Å². The van der Waals surface area contributed by atoms with Gasteiger partial charge in [-0.2, -0.15) is 5.26 Å². The Labute approximate surface area is 159 Å². The van der Waals surface area contributed by atoms with E-state index < -0.39 is 18.1 Å². The molecule has 7 heteroatoms. The van der Waals surface area contributed by atoms with E-state index in [1.807, 2.05) is 6.07 Å². The second kappa shape index (κ2) is 7.77. The lowest BCUT2D eigenvalue weighted by Gasteiger charge is -2.09. The number of aromatic nitrogens is 1. The van der Waals surface area contributed by atoms with Gasteiger partial charge in [-0.3, -0.25) is 4.79 Å². The highest BCUT2D eigenvalue weighted by molar-refractivity contribution is 6.30. The second-order valence-corrected chi connectivity index (χ2v) is 6.06. The first-order chi connectivity index (χ1) is 13.0. The maximum absolute atomic E-state index is 12.4. The summed E-state index contributed by atoms with van der Waals surface area (Å²) in [6.07, 6.45) is 0. The number of carboxylic acids is 1. The minimum absolute atomic E-state index is 0.0162. The third-order valence-electron chi connectivity index (χ3n) is 3.83. The Kier molecular flexibility index (Phi) is 5.25. The number of benzene rings is 2. The van der Waals surface area contributed by atoms with Crippen molar-refractivity contribution in [1.29, 1.82) is 5.26 Å². The summed E-state index contributed by atoms with van der Waals surface area (Å²) in [5.74, 6) is -0.668. The lowest BCUT2D eigenvalue weighted by molar-refractivity contribution is -0.139. The van der Waals surface area contributed by atoms with Gasteiger partial charge >= 0.3 is 5.97 Å². The number of carbonyl (C=O) groups is 1. The summed E-state index contributed by atoms with van der Waals surface area (Å²) < 4.78 is 5.10. The highest BCUT2D eigenvalue weighted by Gasteiger charge is 2.12. The first kappa shape index (κ1) is 18.2. The van der Waals surface area contributed by atoms with Crippen LogP contribution >= 0.6 is 11.6 Å². The van der Waals surface area contributed by atoms with E-state index in [1.165, 1.54) is 0 Å². The Hall–Kier alpha value is -3.56. The van der Waals surface area contributed by atoms with E-state index in [1.54, 1.807) is 54.6 Å². The van der Waals surface area contributed by atoms with Gasteiger partial charge in [0.2, 0.25) is 0 Å². The van der Waals surface area contributed by atoms with Gasteiger partial charge in [0.15, 0.2) is 6.61 Å². The van der Waals surface area contributed by atoms with Crippen LogP contribution < -0.4 is 10.3 Å². The molecule has 0 aliphatic carbocycles. The van der Waals surface area contributed by atoms with Crippen LogP contribution in [0.25, 0.3) is 22.4 Å². The van der Waals surface area contributed by atoms with E-state index in [0.29, 0.717) is 33.2 Å². The predicted octanol–water partition coefficient (Wildman–Crippen LogP) is 3.70. The summed E-state index contributed by atoms with van der Waals surface area (Å²) in [4.78, 5) is 25.6. The molecule has 2 aromatic carbocycles. The monoisotopic (exact) mass is 380 g/mol. The molecular weight excluding hydrogens is 368 g/mol. The number of rotatable bonds is 5. The molecule has 0 spiro atoms. The minimum Gasteiger partial charge on any atom is -0.482 e. The molecule has 0 atom stereocenters. The average molecular weight is 381 g/mol. The Morgan fingerprint density at radius 2 is 1.74 bits per heavy atom. The number of nitrogens with zero attached hydrogens (tertiary/aromatic N) is 1. The molecule has 1 heterocycles. The number of aromatic amines is 1. The van der Waals surface area contributed by atoms with E-state index >= 15 is 0 Å². The van der Waals surface area contributed by atoms with Crippen molar-refractivity contribution in [3.63, 3.8) is 0 Å². The quantitative estimate of drug-likeness (QED) is 0.702. The van der Waals surface area contributed by atoms with Crippen LogP contribution in [0.5, 0.6) is 5.75 Å². The van der Waals surface area contributed by atoms with Gasteiger partial charge in [-0.25, -0.2) is 4.79 Å². The summed E-state index contributed by atoms with van der Waals surface area (Å²) in [7, 11) is 0. The number of hydrogen-bond donors (Lipinski definition) is 2. The van der Waals surface area contributed by atoms with Crippen LogP contribution in [-0.2, 0) is 4.79 Å². The molecule has 0 aliphatic rings. The highest BCUT2D eigenvalue weighted by atomic mass is 35.5. The lowest BCUT2D eigenvalue weighted by atomic mass is 9.99. The topological polar surface area (TPSA) is 103 Å². The first-order valence-electron chi connectivity index (χ1n) is 7.86. The maximum atomic E-state index is 12.4. The molecule has 0 aliphatic heterocycles. The standard InChI is InChI=1S/C20H13ClN2O4/c21-14-5-1-12(2-6-14)16-9-18(23-20(26)17(16)10-22)13-3-7-15(8-4-13)27-11-19(24)25/h1-9H,11H2,(H,23,26)(H,24,25). The van der Waals surface area contributed by atoms with Crippen molar-refractivity contribution in [2.45, 2.75) is 0 Å². The number of aliphatic carboxylic acids is 1. The number of carboxylic acid groups (broad SMARTS) is 1. The molecule has 3 rings (SSSR count). The van der Waals surface area contributed by atoms with Gasteiger partial charge in [-0.05, 0) is 53.6 Å². The fourth-order valence-corrected chi connectivity index (χ4v) is 2.69. The molecule has 0 saturated carbocycles. The summed E-state index contributed by atoms with van der Waals surface area (Å²) in [5, 5.41) is 18.6. The number of halogens is 1. The molecule has 0 unspecified atom stereocenters. The van der Waals surface area contributed by atoms with Gasteiger partial charge < -0.3 is 14.8 Å². The van der Waals surface area contributed by atoms with Crippen LogP contribution in [-0.4, -0.2) is 22.7 Å². The van der Waals surface area contributed by atoms with Crippen LogP contribution in [0.4, 0.5) is 0 Å². The number of hydrogen-bond acceptors (Lipinski definition) is 4. The summed E-state index contributed by atoms with van der Waals surface area (Å²) in [5.41, 5.74) is 1.93. The largest absolute Gasteiger partial charge is 0.482 e. The lowest BCUT2D eigenvalue weighted by Crippen LogP contribution is -2.12. The van der Waals surface area contributed by atoms with E-state index in [-0.39, 0.29) is 5.56 Å². The first-order valence-corrected chi connectivity index (χ1v) is 8.24. The van der Waals surface area contributed by atoms with Crippen molar-refractivity contribution in [2.24, 2.45) is 0 Å². The third kappa shape index (κ3) is 4.17. The normalized spacial score (nSPS) is 10.2. The van der Waals surface area contributed by atoms with Crippen molar-refractivity contribution in [3.05, 3.63) is 75.5 Å². The number of nitrogens with one attached hydrogen (secondary N) is 1. The van der Waals surface area contributed by atoms with Gasteiger partial charge in [-0.1, -0.05) is 23.7 Å². The second-order valence-electron chi connectivity index (χ2n) is 5.63. The zero-order valence-corrected chi connectivity index (χ0v) is 14.7. The van der Waals surface area contributed by atoms with E-state index in [0.717, 1.165) is 0 Å². The van der Waals surface area contributed by atoms with Crippen molar-refractivity contribution in [1.82, 2.24) is 4.98 Å². The van der Waals surface area contributed by atoms with Crippen molar-refractivity contribution in [3.8, 4) is 34.2 Å². The predicted molar refractivity (Wildman–Crippen MR) is 101 cm³/mol. The number of nitriles is 1. The van der Waals surface area contributed by atoms with Crippen LogP contribution in [0.1, 0.15) is 5.56 Å². The summed E-state index contributed by atoms with van der Waals surface area (Å²) >= 11 is 5.91. The van der Waals surface area contributed by atoms with E-state index in [9.17, 15) is 14.9 Å². The molecule has 0 amide bonds. The Morgan fingerprint density at radius 3 is 2.33 bits per heavy atom. The van der Waals surface area contributed by atoms with E-state index in [2.05, 4.69) is 4.98 Å². The number of pyridine rings is 1. The average Bonchev–Trinajstić information content (AvgIpc) is 2.67. The van der Waals surface area contributed by atoms with Gasteiger partial charge in [0.05, 0.1) is 0 Å². The molecule has 2 N–H and O–H groups in total. The third-order valence-corrected chi connectivity index (χ3v) is 4.08. The Bertz CT molecular complexity index is 1080. The molecule has 0 fully saturated rings. The zero-order valence-electron chi connectivity index (χ0n) is 13.9. The summed E-state index contributed by atoms with van der Waals surface area (Å²) in [6.45, 7) is -0.437. The minimum atomic E-state index is -1.07. The fourth-order valence-electron chi connectivity index (χ4n) is 2.56. The Balaban J connectivity index is 2.02. The highest BCUT2D eigenvalue weighted by Crippen LogP contribution is 2.28. The SMILES string of the molecule is N#Cc1c(-c2ccc(Cl)cc2)cc(-c2ccc(OCC(=O)O)cc2)[nH]c1=O. The molecule has 6 nitrogen and oxygen atoms in total.